The van der Waals surface area contributed by atoms with Gasteiger partial charge in [0, 0.05) is 0 Å². The largest absolute Gasteiger partial charge is 0.496 e. The molecule has 0 aromatic heterocycles. The van der Waals surface area contributed by atoms with Crippen LogP contribution < -0.4 is 4.74 Å². The maximum absolute atomic E-state index is 13.0. The quantitative estimate of drug-likeness (QED) is 0.776. The van der Waals surface area contributed by atoms with Crippen molar-refractivity contribution in [2.45, 2.75) is 13.3 Å². The number of hydrogen-bond donors (Lipinski definition) is 0. The van der Waals surface area contributed by atoms with E-state index in [2.05, 4.69) is 0 Å². The monoisotopic (exact) mass is 255 g/mol. The zero-order valence-corrected chi connectivity index (χ0v) is 9.87. The Morgan fingerprint density at radius 3 is 2.61 bits per heavy atom. The molecular formula is C12H11F2NO3. The Bertz CT molecular complexity index is 495. The van der Waals surface area contributed by atoms with E-state index in [1.807, 2.05) is 0 Å². The molecule has 0 radical (unpaired) electrons. The second kappa shape index (κ2) is 5.96. The van der Waals surface area contributed by atoms with E-state index in [9.17, 15) is 13.6 Å². The molecule has 1 aromatic carbocycles. The van der Waals surface area contributed by atoms with Gasteiger partial charge in [0.1, 0.15) is 11.3 Å². The number of carbonyl (C=O) groups is 1. The fourth-order valence-electron chi connectivity index (χ4n) is 1.51. The van der Waals surface area contributed by atoms with E-state index in [1.54, 1.807) is 13.0 Å². The molecule has 96 valence electrons. The van der Waals surface area contributed by atoms with E-state index < -0.39 is 23.5 Å². The highest BCUT2D eigenvalue weighted by Crippen LogP contribution is 2.33. The van der Waals surface area contributed by atoms with Crippen LogP contribution in [-0.4, -0.2) is 19.7 Å². The van der Waals surface area contributed by atoms with Crippen LogP contribution in [0, 0.1) is 11.3 Å². The van der Waals surface area contributed by atoms with E-state index in [1.165, 1.54) is 19.2 Å². The van der Waals surface area contributed by atoms with Crippen LogP contribution in [0.15, 0.2) is 12.1 Å². The molecule has 0 aliphatic carbocycles. The average Bonchev–Trinajstić information content (AvgIpc) is 2.36. The summed E-state index contributed by atoms with van der Waals surface area (Å²) in [7, 11) is 1.25. The number of nitrogens with zero attached hydrogens (tertiary/aromatic N) is 1. The summed E-state index contributed by atoms with van der Waals surface area (Å²) in [5, 5.41) is 8.79. The maximum Gasteiger partial charge on any atom is 0.342 e. The van der Waals surface area contributed by atoms with Gasteiger partial charge >= 0.3 is 5.97 Å². The van der Waals surface area contributed by atoms with Crippen LogP contribution in [0.5, 0.6) is 5.75 Å². The predicted octanol–water partition coefficient (Wildman–Crippen LogP) is 2.68. The van der Waals surface area contributed by atoms with Crippen LogP contribution >= 0.6 is 0 Å². The molecule has 0 spiro atoms. The fraction of sp³-hybridized carbons (Fsp3) is 0.333. The number of hydrogen-bond acceptors (Lipinski definition) is 4. The minimum atomic E-state index is -2.96. The topological polar surface area (TPSA) is 59.3 Å². The summed E-state index contributed by atoms with van der Waals surface area (Å²) >= 11 is 0. The highest BCUT2D eigenvalue weighted by Gasteiger charge is 2.27. The number of carbonyl (C=O) groups excluding carboxylic acids is 1. The van der Waals surface area contributed by atoms with Gasteiger partial charge in [0.25, 0.3) is 6.43 Å². The summed E-state index contributed by atoms with van der Waals surface area (Å²) in [6.45, 7) is 1.60. The standard InChI is InChI=1S/C12H11F2NO3/c1-3-18-12(16)10-8(17-2)5-4-7(6-15)9(10)11(13)14/h4-5,11H,3H2,1-2H3. The number of nitriles is 1. The van der Waals surface area contributed by atoms with Crippen molar-refractivity contribution in [3.05, 3.63) is 28.8 Å². The third-order valence-corrected chi connectivity index (χ3v) is 2.25. The van der Waals surface area contributed by atoms with Gasteiger partial charge in [-0.3, -0.25) is 0 Å². The summed E-state index contributed by atoms with van der Waals surface area (Å²) in [4.78, 5) is 11.7. The van der Waals surface area contributed by atoms with E-state index in [-0.39, 0.29) is 17.9 Å². The van der Waals surface area contributed by atoms with E-state index in [0.717, 1.165) is 0 Å². The fourth-order valence-corrected chi connectivity index (χ4v) is 1.51. The Balaban J connectivity index is 3.51. The van der Waals surface area contributed by atoms with Crippen LogP contribution in [0.4, 0.5) is 8.78 Å². The summed E-state index contributed by atoms with van der Waals surface area (Å²) < 4.78 is 35.5. The summed E-state index contributed by atoms with van der Waals surface area (Å²) in [6, 6.07) is 4.09. The molecule has 0 saturated heterocycles. The van der Waals surface area contributed by atoms with Gasteiger partial charge in [-0.05, 0) is 19.1 Å². The maximum atomic E-state index is 13.0. The minimum absolute atomic E-state index is 0.0391. The van der Waals surface area contributed by atoms with Crippen LogP contribution in [0.3, 0.4) is 0 Å². The Kier molecular flexibility index (Phi) is 4.60. The van der Waals surface area contributed by atoms with Crippen LogP contribution in [0.1, 0.15) is 34.8 Å². The molecule has 0 unspecified atom stereocenters. The van der Waals surface area contributed by atoms with Gasteiger partial charge < -0.3 is 9.47 Å². The van der Waals surface area contributed by atoms with E-state index >= 15 is 0 Å². The normalized spacial score (nSPS) is 10.0. The van der Waals surface area contributed by atoms with E-state index in [0.29, 0.717) is 0 Å². The third-order valence-electron chi connectivity index (χ3n) is 2.25. The lowest BCUT2D eigenvalue weighted by Gasteiger charge is -2.13. The van der Waals surface area contributed by atoms with Gasteiger partial charge in [-0.1, -0.05) is 0 Å². The zero-order valence-electron chi connectivity index (χ0n) is 9.87. The molecule has 6 heteroatoms. The van der Waals surface area contributed by atoms with Crippen molar-refractivity contribution in [1.82, 2.24) is 0 Å². The lowest BCUT2D eigenvalue weighted by atomic mass is 10.0. The molecule has 1 aromatic rings. The number of alkyl halides is 2. The zero-order chi connectivity index (χ0) is 13.7. The summed E-state index contributed by atoms with van der Waals surface area (Å²) in [5.41, 5.74) is -1.32. The third kappa shape index (κ3) is 2.56. The number of ether oxygens (including phenoxy) is 2. The lowest BCUT2D eigenvalue weighted by Crippen LogP contribution is -2.12. The Morgan fingerprint density at radius 1 is 1.50 bits per heavy atom. The molecule has 0 atom stereocenters. The Labute approximate surface area is 103 Å². The van der Waals surface area contributed by atoms with Crippen LogP contribution in [0.25, 0.3) is 0 Å². The van der Waals surface area contributed by atoms with Crippen LogP contribution in [0.2, 0.25) is 0 Å². The SMILES string of the molecule is CCOC(=O)c1c(OC)ccc(C#N)c1C(F)F. The second-order valence-corrected chi connectivity index (χ2v) is 3.24. The van der Waals surface area contributed by atoms with Gasteiger partial charge in [0.05, 0.1) is 30.9 Å². The van der Waals surface area contributed by atoms with Gasteiger partial charge in [-0.25, -0.2) is 13.6 Å². The van der Waals surface area contributed by atoms with Crippen molar-refractivity contribution in [1.29, 1.82) is 5.26 Å². The lowest BCUT2D eigenvalue weighted by molar-refractivity contribution is 0.0511. The molecule has 1 rings (SSSR count). The van der Waals surface area contributed by atoms with Gasteiger partial charge in [0.15, 0.2) is 0 Å². The second-order valence-electron chi connectivity index (χ2n) is 3.24. The first kappa shape index (κ1) is 13.9. The van der Waals surface area contributed by atoms with Crippen LogP contribution in [-0.2, 0) is 4.74 Å². The first-order valence-electron chi connectivity index (χ1n) is 5.13. The number of benzene rings is 1. The van der Waals surface area contributed by atoms with Crippen molar-refractivity contribution < 1.29 is 23.0 Å². The summed E-state index contributed by atoms with van der Waals surface area (Å²) in [5.74, 6) is -0.968. The number of halogens is 2. The molecule has 18 heavy (non-hydrogen) atoms. The molecule has 0 N–H and O–H groups in total. The summed E-state index contributed by atoms with van der Waals surface area (Å²) in [6.07, 6.45) is -2.96. The molecule has 0 bridgehead atoms. The first-order valence-corrected chi connectivity index (χ1v) is 5.13. The highest BCUT2D eigenvalue weighted by atomic mass is 19.3. The Hall–Kier alpha value is -2.16. The first-order chi connectivity index (χ1) is 8.56. The Morgan fingerprint density at radius 2 is 2.17 bits per heavy atom. The molecule has 4 nitrogen and oxygen atoms in total. The van der Waals surface area contributed by atoms with Crippen molar-refractivity contribution in [3.63, 3.8) is 0 Å². The molecule has 0 heterocycles. The van der Waals surface area contributed by atoms with Gasteiger partial charge in [0.2, 0.25) is 0 Å². The smallest absolute Gasteiger partial charge is 0.342 e. The molecule has 0 aliphatic rings. The van der Waals surface area contributed by atoms with Crippen molar-refractivity contribution in [2.75, 3.05) is 13.7 Å². The number of rotatable bonds is 4. The molecule has 0 aliphatic heterocycles. The van der Waals surface area contributed by atoms with Crippen molar-refractivity contribution in [3.8, 4) is 11.8 Å². The molecular weight excluding hydrogens is 244 g/mol. The van der Waals surface area contributed by atoms with Crippen molar-refractivity contribution in [2.24, 2.45) is 0 Å². The van der Waals surface area contributed by atoms with E-state index in [4.69, 9.17) is 14.7 Å². The number of methoxy groups -OCH3 is 1. The molecule has 0 saturated carbocycles. The average molecular weight is 255 g/mol. The van der Waals surface area contributed by atoms with Gasteiger partial charge in [-0.2, -0.15) is 5.26 Å². The number of esters is 1. The van der Waals surface area contributed by atoms with Gasteiger partial charge in [-0.15, -0.1) is 0 Å². The molecule has 0 amide bonds. The highest BCUT2D eigenvalue weighted by molar-refractivity contribution is 5.95. The minimum Gasteiger partial charge on any atom is -0.496 e. The molecule has 0 fully saturated rings. The van der Waals surface area contributed by atoms with Crippen molar-refractivity contribution >= 4 is 5.97 Å². The predicted molar refractivity (Wildman–Crippen MR) is 58.6 cm³/mol.